The van der Waals surface area contributed by atoms with Crippen LogP contribution in [0.5, 0.6) is 0 Å². The van der Waals surface area contributed by atoms with Gasteiger partial charge in [-0.25, -0.2) is 15.0 Å². The lowest BCUT2D eigenvalue weighted by Crippen LogP contribution is -2.20. The highest BCUT2D eigenvalue weighted by Crippen LogP contribution is 2.39. The average molecular weight is 415 g/mol. The molecule has 5 nitrogen and oxygen atoms in total. The van der Waals surface area contributed by atoms with Gasteiger partial charge in [0.2, 0.25) is 0 Å². The fourth-order valence-electron chi connectivity index (χ4n) is 3.67. The maximum atomic E-state index is 13.0. The number of aromatic nitrogens is 4. The molecule has 0 radical (unpaired) electrons. The first-order chi connectivity index (χ1) is 12.9. The van der Waals surface area contributed by atoms with E-state index in [4.69, 9.17) is 4.98 Å². The zero-order valence-electron chi connectivity index (χ0n) is 15.5. The molecular formula is C19H18N4OS3. The molecule has 0 N–H and O–H groups in total. The first-order valence-corrected chi connectivity index (χ1v) is 11.3. The highest BCUT2D eigenvalue weighted by Gasteiger charge is 2.23. The molecule has 4 aromatic heterocycles. The van der Waals surface area contributed by atoms with E-state index in [0.29, 0.717) is 5.16 Å². The van der Waals surface area contributed by atoms with Crippen LogP contribution in [0.1, 0.15) is 33.1 Å². The van der Waals surface area contributed by atoms with Gasteiger partial charge in [0.1, 0.15) is 20.5 Å². The van der Waals surface area contributed by atoms with Crippen LogP contribution in [0.4, 0.5) is 0 Å². The molecule has 4 heterocycles. The highest BCUT2D eigenvalue weighted by molar-refractivity contribution is 7.99. The normalized spacial score (nSPS) is 13.8. The van der Waals surface area contributed by atoms with Gasteiger partial charge in [-0.1, -0.05) is 0 Å². The minimum absolute atomic E-state index is 0.0575. The van der Waals surface area contributed by atoms with Gasteiger partial charge in [-0.05, 0) is 62.9 Å². The number of aryl methyl sites for hydroxylation is 5. The van der Waals surface area contributed by atoms with Crippen LogP contribution in [0, 0.1) is 20.8 Å². The van der Waals surface area contributed by atoms with Crippen molar-refractivity contribution in [2.75, 3.05) is 0 Å². The van der Waals surface area contributed by atoms with E-state index in [2.05, 4.69) is 23.8 Å². The topological polar surface area (TPSA) is 60.7 Å². The Morgan fingerprint density at radius 3 is 2.59 bits per heavy atom. The third-order valence-electron chi connectivity index (χ3n) is 5.20. The van der Waals surface area contributed by atoms with Gasteiger partial charge in [-0.2, -0.15) is 0 Å². The van der Waals surface area contributed by atoms with Crippen molar-refractivity contribution in [3.8, 4) is 0 Å². The minimum atomic E-state index is 0.0575. The summed E-state index contributed by atoms with van der Waals surface area (Å²) in [5, 5.41) is 3.47. The second-order valence-electron chi connectivity index (χ2n) is 6.94. The predicted octanol–water partition coefficient (Wildman–Crippen LogP) is 4.56. The first kappa shape index (κ1) is 17.3. The van der Waals surface area contributed by atoms with E-state index in [1.54, 1.807) is 27.2 Å². The van der Waals surface area contributed by atoms with Crippen molar-refractivity contribution in [1.29, 1.82) is 0 Å². The molecule has 5 rings (SSSR count). The van der Waals surface area contributed by atoms with Gasteiger partial charge < -0.3 is 0 Å². The van der Waals surface area contributed by atoms with Gasteiger partial charge in [0.05, 0.1) is 5.39 Å². The number of hydrogen-bond acceptors (Lipinski definition) is 7. The molecule has 0 saturated carbocycles. The molecule has 1 aliphatic carbocycles. The predicted molar refractivity (Wildman–Crippen MR) is 113 cm³/mol. The van der Waals surface area contributed by atoms with Crippen LogP contribution in [-0.2, 0) is 19.9 Å². The summed E-state index contributed by atoms with van der Waals surface area (Å²) < 4.78 is 1.68. The van der Waals surface area contributed by atoms with Gasteiger partial charge >= 0.3 is 0 Å². The van der Waals surface area contributed by atoms with Crippen LogP contribution in [-0.4, -0.2) is 19.5 Å². The number of hydrogen-bond donors (Lipinski definition) is 0. The molecule has 0 bridgehead atoms. The monoisotopic (exact) mass is 414 g/mol. The van der Waals surface area contributed by atoms with Crippen LogP contribution in [0.25, 0.3) is 20.4 Å². The van der Waals surface area contributed by atoms with Crippen molar-refractivity contribution in [3.63, 3.8) is 0 Å². The summed E-state index contributed by atoms with van der Waals surface area (Å²) in [6, 6.07) is 0. The maximum absolute atomic E-state index is 13.0. The van der Waals surface area contributed by atoms with Crippen molar-refractivity contribution >= 4 is 54.9 Å². The van der Waals surface area contributed by atoms with Gasteiger partial charge in [0.15, 0.2) is 5.16 Å². The molecule has 27 heavy (non-hydrogen) atoms. The van der Waals surface area contributed by atoms with Crippen LogP contribution in [0.15, 0.2) is 15.0 Å². The Bertz CT molecular complexity index is 1300. The maximum Gasteiger partial charge on any atom is 0.262 e. The average Bonchev–Trinajstić information content (AvgIpc) is 3.26. The van der Waals surface area contributed by atoms with Gasteiger partial charge in [-0.15, -0.1) is 22.7 Å². The van der Waals surface area contributed by atoms with Crippen molar-refractivity contribution in [2.45, 2.75) is 50.2 Å². The van der Waals surface area contributed by atoms with E-state index >= 15 is 0 Å². The minimum Gasteiger partial charge on any atom is -0.290 e. The van der Waals surface area contributed by atoms with Crippen molar-refractivity contribution in [3.05, 3.63) is 37.1 Å². The largest absolute Gasteiger partial charge is 0.290 e. The molecule has 8 heteroatoms. The van der Waals surface area contributed by atoms with E-state index in [1.165, 1.54) is 32.6 Å². The summed E-state index contributed by atoms with van der Waals surface area (Å²) in [7, 11) is 1.81. The van der Waals surface area contributed by atoms with Crippen LogP contribution in [0.2, 0.25) is 0 Å². The van der Waals surface area contributed by atoms with Gasteiger partial charge in [0, 0.05) is 22.2 Å². The molecule has 0 aliphatic heterocycles. The van der Waals surface area contributed by atoms with Crippen LogP contribution >= 0.6 is 34.4 Å². The van der Waals surface area contributed by atoms with E-state index in [-0.39, 0.29) is 5.56 Å². The third kappa shape index (κ3) is 2.57. The fourth-order valence-corrected chi connectivity index (χ4v) is 7.18. The van der Waals surface area contributed by atoms with E-state index in [9.17, 15) is 4.79 Å². The lowest BCUT2D eigenvalue weighted by molar-refractivity contribution is 0.726. The second-order valence-corrected chi connectivity index (χ2v) is 10.2. The number of rotatable bonds is 2. The Morgan fingerprint density at radius 1 is 1.00 bits per heavy atom. The SMILES string of the molecule is Cc1nc(Sc2nc3sc4c(c3c(=O)n2C)CCC4)c2c(C)c(C)sc2n1. The zero-order valence-corrected chi connectivity index (χ0v) is 18.0. The van der Waals surface area contributed by atoms with Crippen molar-refractivity contribution in [2.24, 2.45) is 7.05 Å². The van der Waals surface area contributed by atoms with E-state index in [0.717, 1.165) is 50.5 Å². The molecule has 4 aromatic rings. The summed E-state index contributed by atoms with van der Waals surface area (Å²) in [4.78, 5) is 31.6. The molecule has 0 spiro atoms. The molecule has 0 aromatic carbocycles. The lowest BCUT2D eigenvalue weighted by atomic mass is 10.2. The van der Waals surface area contributed by atoms with Gasteiger partial charge in [-0.3, -0.25) is 9.36 Å². The van der Waals surface area contributed by atoms with E-state index < -0.39 is 0 Å². The lowest BCUT2D eigenvalue weighted by Gasteiger charge is -2.09. The summed E-state index contributed by atoms with van der Waals surface area (Å²) in [5.74, 6) is 0.743. The molecule has 0 unspecified atom stereocenters. The first-order valence-electron chi connectivity index (χ1n) is 8.87. The van der Waals surface area contributed by atoms with Gasteiger partial charge in [0.25, 0.3) is 5.56 Å². The summed E-state index contributed by atoms with van der Waals surface area (Å²) in [6.45, 7) is 6.13. The van der Waals surface area contributed by atoms with Crippen molar-refractivity contribution in [1.82, 2.24) is 19.5 Å². The Kier molecular flexibility index (Phi) is 3.93. The number of nitrogens with zero attached hydrogens (tertiary/aromatic N) is 4. The standard InChI is InChI=1S/C19H18N4OS3/c1-8-9(2)25-15-13(8)16(21-10(3)20-15)27-19-22-17-14(18(24)23(19)4)11-6-5-7-12(11)26-17/h5-7H2,1-4H3. The third-order valence-corrected chi connectivity index (χ3v) is 8.52. The molecule has 0 atom stereocenters. The summed E-state index contributed by atoms with van der Waals surface area (Å²) in [6.07, 6.45) is 3.21. The quantitative estimate of drug-likeness (QED) is 0.355. The molecule has 0 saturated heterocycles. The number of thiophene rings is 2. The van der Waals surface area contributed by atoms with Crippen LogP contribution < -0.4 is 5.56 Å². The Morgan fingerprint density at radius 2 is 1.78 bits per heavy atom. The molecule has 138 valence electrons. The molecule has 1 aliphatic rings. The molecule has 0 fully saturated rings. The highest BCUT2D eigenvalue weighted by atomic mass is 32.2. The zero-order chi connectivity index (χ0) is 18.9. The second kappa shape index (κ2) is 6.12. The Labute approximate surface area is 168 Å². The molecule has 0 amide bonds. The fraction of sp³-hybridized carbons (Fsp3) is 0.368. The van der Waals surface area contributed by atoms with Crippen molar-refractivity contribution < 1.29 is 0 Å². The van der Waals surface area contributed by atoms with E-state index in [1.807, 2.05) is 14.0 Å². The summed E-state index contributed by atoms with van der Waals surface area (Å²) >= 11 is 4.84. The summed E-state index contributed by atoms with van der Waals surface area (Å²) in [5.41, 5.74) is 2.49. The Hall–Kier alpha value is -1.77. The number of fused-ring (bicyclic) bond motifs is 4. The smallest absolute Gasteiger partial charge is 0.262 e. The Balaban J connectivity index is 1.71. The van der Waals surface area contributed by atoms with Crippen LogP contribution in [0.3, 0.4) is 0 Å². The molecular weight excluding hydrogens is 396 g/mol.